The molecule has 1 aromatic heterocycles. The smallest absolute Gasteiger partial charge is 0.123 e. The van der Waals surface area contributed by atoms with Crippen LogP contribution in [0.5, 0.6) is 0 Å². The van der Waals surface area contributed by atoms with Crippen molar-refractivity contribution in [3.63, 3.8) is 0 Å². The van der Waals surface area contributed by atoms with Crippen LogP contribution in [-0.2, 0) is 13.0 Å². The lowest BCUT2D eigenvalue weighted by atomic mass is 10.1. The molecule has 104 valence electrons. The molecule has 0 spiro atoms. The average molecular weight is 262 g/mol. The molecular formula is C16H23FN2. The first-order valence-electron chi connectivity index (χ1n) is 7.04. The maximum atomic E-state index is 13.4. The first-order valence-corrected chi connectivity index (χ1v) is 7.04. The molecule has 19 heavy (non-hydrogen) atoms. The topological polar surface area (TPSA) is 8.17 Å². The zero-order valence-corrected chi connectivity index (χ0v) is 12.1. The first kappa shape index (κ1) is 14.1. The Bertz CT molecular complexity index is 543. The highest BCUT2D eigenvalue weighted by molar-refractivity contribution is 5.84. The van der Waals surface area contributed by atoms with Crippen LogP contribution in [0.2, 0.25) is 0 Å². The molecule has 0 aliphatic carbocycles. The molecule has 2 nitrogen and oxygen atoms in total. The van der Waals surface area contributed by atoms with Gasteiger partial charge in [0.25, 0.3) is 0 Å². The Hall–Kier alpha value is -1.35. The maximum absolute atomic E-state index is 13.4. The van der Waals surface area contributed by atoms with Crippen LogP contribution in [-0.4, -0.2) is 30.1 Å². The average Bonchev–Trinajstić information content (AvgIpc) is 2.67. The van der Waals surface area contributed by atoms with Crippen molar-refractivity contribution in [3.05, 3.63) is 35.8 Å². The molecule has 0 saturated carbocycles. The quantitative estimate of drug-likeness (QED) is 0.771. The van der Waals surface area contributed by atoms with Crippen molar-refractivity contribution in [2.24, 2.45) is 0 Å². The van der Waals surface area contributed by atoms with Crippen LogP contribution in [0.25, 0.3) is 10.9 Å². The van der Waals surface area contributed by atoms with E-state index in [-0.39, 0.29) is 5.82 Å². The highest BCUT2D eigenvalue weighted by Gasteiger charge is 2.09. The Kier molecular flexibility index (Phi) is 4.59. The molecule has 2 aromatic rings. The number of aromatic nitrogens is 1. The van der Waals surface area contributed by atoms with Crippen LogP contribution in [0.3, 0.4) is 0 Å². The van der Waals surface area contributed by atoms with Crippen LogP contribution in [0.15, 0.2) is 24.4 Å². The minimum absolute atomic E-state index is 0.143. The van der Waals surface area contributed by atoms with Crippen molar-refractivity contribution in [2.45, 2.75) is 32.7 Å². The second-order valence-electron chi connectivity index (χ2n) is 5.42. The van der Waals surface area contributed by atoms with E-state index in [0.717, 1.165) is 43.3 Å². The third kappa shape index (κ3) is 3.35. The van der Waals surface area contributed by atoms with Crippen molar-refractivity contribution in [2.75, 3.05) is 20.6 Å². The van der Waals surface area contributed by atoms with Gasteiger partial charge in [0.05, 0.1) is 0 Å². The maximum Gasteiger partial charge on any atom is 0.123 e. The second kappa shape index (κ2) is 6.20. The first-order chi connectivity index (χ1) is 9.11. The molecule has 0 saturated heterocycles. The van der Waals surface area contributed by atoms with E-state index in [1.807, 2.05) is 6.07 Å². The van der Waals surface area contributed by atoms with Crippen LogP contribution < -0.4 is 0 Å². The van der Waals surface area contributed by atoms with Gasteiger partial charge in [-0.3, -0.25) is 0 Å². The molecule has 0 bridgehead atoms. The van der Waals surface area contributed by atoms with Gasteiger partial charge < -0.3 is 9.47 Å². The lowest BCUT2D eigenvalue weighted by Crippen LogP contribution is -2.13. The molecule has 1 heterocycles. The monoisotopic (exact) mass is 262 g/mol. The molecule has 0 radical (unpaired) electrons. The van der Waals surface area contributed by atoms with Crippen molar-refractivity contribution in [3.8, 4) is 0 Å². The van der Waals surface area contributed by atoms with Gasteiger partial charge >= 0.3 is 0 Å². The molecule has 1 aromatic carbocycles. The minimum Gasteiger partial charge on any atom is -0.347 e. The summed E-state index contributed by atoms with van der Waals surface area (Å²) in [6.07, 6.45) is 5.41. The summed E-state index contributed by atoms with van der Waals surface area (Å²) in [5, 5.41) is 1.08. The number of aryl methyl sites for hydroxylation is 2. The van der Waals surface area contributed by atoms with Gasteiger partial charge in [0.2, 0.25) is 0 Å². The van der Waals surface area contributed by atoms with Crippen molar-refractivity contribution in [1.29, 1.82) is 0 Å². The third-order valence-electron chi connectivity index (χ3n) is 3.44. The summed E-state index contributed by atoms with van der Waals surface area (Å²) in [6.45, 7) is 4.23. The predicted molar refractivity (Wildman–Crippen MR) is 79.1 cm³/mol. The third-order valence-corrected chi connectivity index (χ3v) is 3.44. The van der Waals surface area contributed by atoms with E-state index < -0.39 is 0 Å². The van der Waals surface area contributed by atoms with Gasteiger partial charge in [-0.25, -0.2) is 4.39 Å². The lowest BCUT2D eigenvalue weighted by Gasteiger charge is -2.08. The molecular weight excluding hydrogens is 239 g/mol. The predicted octanol–water partition coefficient (Wildman–Crippen LogP) is 3.68. The summed E-state index contributed by atoms with van der Waals surface area (Å²) in [4.78, 5) is 2.19. The van der Waals surface area contributed by atoms with Gasteiger partial charge in [-0.05, 0) is 63.7 Å². The molecule has 0 aliphatic heterocycles. The normalized spacial score (nSPS) is 11.6. The fourth-order valence-corrected chi connectivity index (χ4v) is 2.55. The summed E-state index contributed by atoms with van der Waals surface area (Å²) in [5.41, 5.74) is 2.42. The molecule has 0 unspecified atom stereocenters. The van der Waals surface area contributed by atoms with E-state index in [1.54, 1.807) is 12.1 Å². The van der Waals surface area contributed by atoms with E-state index in [4.69, 9.17) is 0 Å². The van der Waals surface area contributed by atoms with Gasteiger partial charge in [0, 0.05) is 23.6 Å². The number of fused-ring (bicyclic) bond motifs is 1. The summed E-state index contributed by atoms with van der Waals surface area (Å²) >= 11 is 0. The van der Waals surface area contributed by atoms with E-state index in [1.165, 1.54) is 5.56 Å². The SMILES string of the molecule is CCCn1cc(CCCN(C)C)c2cc(F)ccc21. The van der Waals surface area contributed by atoms with Gasteiger partial charge in [-0.1, -0.05) is 6.92 Å². The highest BCUT2D eigenvalue weighted by Crippen LogP contribution is 2.24. The zero-order chi connectivity index (χ0) is 13.8. The van der Waals surface area contributed by atoms with Crippen LogP contribution >= 0.6 is 0 Å². The van der Waals surface area contributed by atoms with Crippen molar-refractivity contribution in [1.82, 2.24) is 9.47 Å². The molecule has 0 atom stereocenters. The number of nitrogens with zero attached hydrogens (tertiary/aromatic N) is 2. The van der Waals surface area contributed by atoms with E-state index in [9.17, 15) is 4.39 Å². The lowest BCUT2D eigenvalue weighted by molar-refractivity contribution is 0.400. The van der Waals surface area contributed by atoms with E-state index in [0.29, 0.717) is 0 Å². The second-order valence-corrected chi connectivity index (χ2v) is 5.42. The van der Waals surface area contributed by atoms with E-state index >= 15 is 0 Å². The number of hydrogen-bond acceptors (Lipinski definition) is 1. The van der Waals surface area contributed by atoms with Gasteiger partial charge in [-0.2, -0.15) is 0 Å². The Morgan fingerprint density at radius 1 is 1.26 bits per heavy atom. The number of benzene rings is 1. The fraction of sp³-hybridized carbons (Fsp3) is 0.500. The summed E-state index contributed by atoms with van der Waals surface area (Å²) in [7, 11) is 4.17. The van der Waals surface area contributed by atoms with Crippen LogP contribution in [0.4, 0.5) is 4.39 Å². The largest absolute Gasteiger partial charge is 0.347 e. The summed E-state index contributed by atoms with van der Waals surface area (Å²) in [5.74, 6) is -0.143. The number of rotatable bonds is 6. The number of hydrogen-bond donors (Lipinski definition) is 0. The molecule has 0 aliphatic rings. The Labute approximate surface area is 114 Å². The zero-order valence-electron chi connectivity index (χ0n) is 12.1. The van der Waals surface area contributed by atoms with Gasteiger partial charge in [0.1, 0.15) is 5.82 Å². The Balaban J connectivity index is 2.28. The summed E-state index contributed by atoms with van der Waals surface area (Å²) < 4.78 is 15.7. The molecule has 0 fully saturated rings. The standard InChI is InChI=1S/C16H23FN2/c1-4-9-19-12-13(6-5-10-18(2)3)15-11-14(17)7-8-16(15)19/h7-8,11-12H,4-6,9-10H2,1-3H3. The van der Waals surface area contributed by atoms with Crippen LogP contribution in [0, 0.1) is 5.82 Å². The highest BCUT2D eigenvalue weighted by atomic mass is 19.1. The molecule has 0 N–H and O–H groups in total. The van der Waals surface area contributed by atoms with E-state index in [2.05, 4.69) is 36.7 Å². The Morgan fingerprint density at radius 2 is 2.05 bits per heavy atom. The fourth-order valence-electron chi connectivity index (χ4n) is 2.55. The molecule has 3 heteroatoms. The minimum atomic E-state index is -0.143. The number of halogens is 1. The van der Waals surface area contributed by atoms with Crippen molar-refractivity contribution < 1.29 is 4.39 Å². The van der Waals surface area contributed by atoms with Crippen molar-refractivity contribution >= 4 is 10.9 Å². The Morgan fingerprint density at radius 3 is 2.74 bits per heavy atom. The van der Waals surface area contributed by atoms with Gasteiger partial charge in [-0.15, -0.1) is 0 Å². The summed E-state index contributed by atoms with van der Waals surface area (Å²) in [6, 6.07) is 5.13. The molecule has 0 amide bonds. The van der Waals surface area contributed by atoms with Crippen LogP contribution in [0.1, 0.15) is 25.3 Å². The molecule has 2 rings (SSSR count). The van der Waals surface area contributed by atoms with Gasteiger partial charge in [0.15, 0.2) is 0 Å².